The average molecular weight is 466 g/mol. The number of piperidine rings is 1. The average Bonchev–Trinajstić information content (AvgIpc) is 3.23. The van der Waals surface area contributed by atoms with E-state index in [2.05, 4.69) is 14.4 Å². The Balaban J connectivity index is 1.31. The lowest BCUT2D eigenvalue weighted by Gasteiger charge is -2.38. The molecule has 3 heterocycles. The fourth-order valence-electron chi connectivity index (χ4n) is 5.25. The molecule has 0 bridgehead atoms. The third-order valence-electron chi connectivity index (χ3n) is 7.04. The van der Waals surface area contributed by atoms with E-state index < -0.39 is 0 Å². The van der Waals surface area contributed by atoms with Crippen LogP contribution in [0.5, 0.6) is 0 Å². The van der Waals surface area contributed by atoms with Crippen molar-refractivity contribution in [2.75, 3.05) is 52.4 Å². The van der Waals surface area contributed by atoms with E-state index in [1.807, 2.05) is 29.2 Å². The van der Waals surface area contributed by atoms with E-state index in [1.54, 1.807) is 12.1 Å². The summed E-state index contributed by atoms with van der Waals surface area (Å²) in [5.74, 6) is 0.894. The summed E-state index contributed by atoms with van der Waals surface area (Å²) in [6.45, 7) is 6.24. The number of aliphatic hydroxyl groups is 1. The molecule has 0 aliphatic carbocycles. The third-order valence-corrected chi connectivity index (χ3v) is 7.04. The number of rotatable bonds is 6. The minimum absolute atomic E-state index is 0.00166. The van der Waals surface area contributed by atoms with Gasteiger partial charge in [-0.15, -0.1) is 0 Å². The highest BCUT2D eigenvalue weighted by molar-refractivity contribution is 5.79. The molecule has 2 aliphatic heterocycles. The summed E-state index contributed by atoms with van der Waals surface area (Å²) >= 11 is 0. The Morgan fingerprint density at radius 1 is 1.00 bits per heavy atom. The first-order valence-corrected chi connectivity index (χ1v) is 12.2. The number of hydrogen-bond acceptors (Lipinski definition) is 5. The smallest absolute Gasteiger partial charge is 0.227 e. The molecule has 2 aromatic carbocycles. The van der Waals surface area contributed by atoms with Crippen LogP contribution < -0.4 is 0 Å². The molecule has 1 N–H and O–H groups in total. The normalized spacial score (nSPS) is 20.2. The summed E-state index contributed by atoms with van der Waals surface area (Å²) in [5.41, 5.74) is 2.79. The van der Waals surface area contributed by atoms with Crippen molar-refractivity contribution in [1.29, 1.82) is 0 Å². The molecular formula is C26H32FN5O2. The summed E-state index contributed by atoms with van der Waals surface area (Å²) in [7, 11) is 0. The molecule has 0 saturated carbocycles. The topological polar surface area (TPSA) is 64.8 Å². The Morgan fingerprint density at radius 3 is 2.53 bits per heavy atom. The van der Waals surface area contributed by atoms with Crippen LogP contribution in [0.4, 0.5) is 4.39 Å². The van der Waals surface area contributed by atoms with Crippen LogP contribution in [0.2, 0.25) is 0 Å². The maximum Gasteiger partial charge on any atom is 0.227 e. The monoisotopic (exact) mass is 465 g/mol. The summed E-state index contributed by atoms with van der Waals surface area (Å²) in [5, 5.41) is 9.15. The molecular weight excluding hydrogens is 433 g/mol. The number of aromatic nitrogens is 2. The van der Waals surface area contributed by atoms with Gasteiger partial charge >= 0.3 is 0 Å². The molecule has 0 spiro atoms. The van der Waals surface area contributed by atoms with Gasteiger partial charge in [0.2, 0.25) is 5.91 Å². The third kappa shape index (κ3) is 4.85. The Bertz CT molecular complexity index is 1120. The molecule has 0 unspecified atom stereocenters. The van der Waals surface area contributed by atoms with Crippen LogP contribution in [0.1, 0.15) is 18.7 Å². The second-order valence-electron chi connectivity index (χ2n) is 9.29. The standard InChI is InChI=1S/C26H32FN5O2/c27-21-7-9-22(10-8-21)32-24-6-2-1-5-23(24)28-25(32)19-30-11-3-4-20(18-30)26(34)31-14-12-29(13-15-31)16-17-33/h1-2,5-10,20,33H,3-4,11-19H2/t20-/m1/s1. The first-order valence-electron chi connectivity index (χ1n) is 12.2. The maximum atomic E-state index is 13.6. The van der Waals surface area contributed by atoms with E-state index in [-0.39, 0.29) is 24.2 Å². The number of halogens is 1. The van der Waals surface area contributed by atoms with Gasteiger partial charge in [0.25, 0.3) is 0 Å². The van der Waals surface area contributed by atoms with E-state index in [4.69, 9.17) is 10.1 Å². The molecule has 180 valence electrons. The predicted molar refractivity (Wildman–Crippen MR) is 129 cm³/mol. The van der Waals surface area contributed by atoms with Crippen LogP contribution >= 0.6 is 0 Å². The van der Waals surface area contributed by atoms with Crippen LogP contribution in [0.25, 0.3) is 16.7 Å². The number of likely N-dealkylation sites (tertiary alicyclic amines) is 1. The summed E-state index contributed by atoms with van der Waals surface area (Å²) in [6.07, 6.45) is 1.90. The van der Waals surface area contributed by atoms with Crippen molar-refractivity contribution < 1.29 is 14.3 Å². The SMILES string of the molecule is O=C([C@@H]1CCCN(Cc2nc3ccccc3n2-c2ccc(F)cc2)C1)N1CCN(CCO)CC1. The molecule has 3 aromatic rings. The zero-order valence-electron chi connectivity index (χ0n) is 19.4. The number of para-hydroxylation sites is 2. The summed E-state index contributed by atoms with van der Waals surface area (Å²) in [6, 6.07) is 14.5. The second kappa shape index (κ2) is 10.2. The van der Waals surface area contributed by atoms with Gasteiger partial charge in [-0.25, -0.2) is 9.37 Å². The van der Waals surface area contributed by atoms with Crippen molar-refractivity contribution in [3.05, 3.63) is 60.2 Å². The summed E-state index contributed by atoms with van der Waals surface area (Å²) < 4.78 is 15.7. The highest BCUT2D eigenvalue weighted by atomic mass is 19.1. The van der Waals surface area contributed by atoms with Crippen molar-refractivity contribution in [3.8, 4) is 5.69 Å². The van der Waals surface area contributed by atoms with Crippen molar-refractivity contribution >= 4 is 16.9 Å². The quantitative estimate of drug-likeness (QED) is 0.606. The molecule has 7 nitrogen and oxygen atoms in total. The van der Waals surface area contributed by atoms with Gasteiger partial charge in [0, 0.05) is 45.0 Å². The van der Waals surface area contributed by atoms with Gasteiger partial charge in [-0.3, -0.25) is 19.2 Å². The van der Waals surface area contributed by atoms with Crippen LogP contribution in [0.15, 0.2) is 48.5 Å². The lowest BCUT2D eigenvalue weighted by molar-refractivity contribution is -0.139. The van der Waals surface area contributed by atoms with Gasteiger partial charge < -0.3 is 10.0 Å². The van der Waals surface area contributed by atoms with Crippen molar-refractivity contribution in [2.45, 2.75) is 19.4 Å². The second-order valence-corrected chi connectivity index (χ2v) is 9.29. The van der Waals surface area contributed by atoms with Crippen LogP contribution in [-0.4, -0.2) is 87.7 Å². The highest BCUT2D eigenvalue weighted by Crippen LogP contribution is 2.26. The van der Waals surface area contributed by atoms with Gasteiger partial charge in [0.15, 0.2) is 0 Å². The first-order chi connectivity index (χ1) is 16.6. The number of benzene rings is 2. The van der Waals surface area contributed by atoms with Gasteiger partial charge in [-0.05, 0) is 55.8 Å². The number of hydrogen-bond donors (Lipinski definition) is 1. The van der Waals surface area contributed by atoms with Crippen LogP contribution in [-0.2, 0) is 11.3 Å². The number of carbonyl (C=O) groups excluding carboxylic acids is 1. The predicted octanol–water partition coefficient (Wildman–Crippen LogP) is 2.51. The molecule has 2 saturated heterocycles. The summed E-state index contributed by atoms with van der Waals surface area (Å²) in [4.78, 5) is 24.7. The van der Waals surface area contributed by atoms with Crippen LogP contribution in [0, 0.1) is 11.7 Å². The fraction of sp³-hybridized carbons (Fsp3) is 0.462. The molecule has 2 fully saturated rings. The number of fused-ring (bicyclic) bond motifs is 1. The number of amides is 1. The van der Waals surface area contributed by atoms with E-state index in [1.165, 1.54) is 12.1 Å². The van der Waals surface area contributed by atoms with E-state index in [0.717, 1.165) is 74.7 Å². The van der Waals surface area contributed by atoms with E-state index >= 15 is 0 Å². The molecule has 34 heavy (non-hydrogen) atoms. The molecule has 1 amide bonds. The van der Waals surface area contributed by atoms with Gasteiger partial charge in [0.05, 0.1) is 30.1 Å². The van der Waals surface area contributed by atoms with Gasteiger partial charge in [-0.2, -0.15) is 0 Å². The largest absolute Gasteiger partial charge is 0.395 e. The Morgan fingerprint density at radius 2 is 1.76 bits per heavy atom. The zero-order valence-corrected chi connectivity index (χ0v) is 19.4. The van der Waals surface area contributed by atoms with E-state index in [9.17, 15) is 9.18 Å². The van der Waals surface area contributed by atoms with E-state index in [0.29, 0.717) is 13.1 Å². The minimum atomic E-state index is -0.260. The van der Waals surface area contributed by atoms with Crippen molar-refractivity contribution in [2.24, 2.45) is 5.92 Å². The molecule has 0 radical (unpaired) electrons. The fourth-order valence-corrected chi connectivity index (χ4v) is 5.25. The number of piperazine rings is 1. The highest BCUT2D eigenvalue weighted by Gasteiger charge is 2.31. The number of nitrogens with zero attached hydrogens (tertiary/aromatic N) is 5. The number of imidazole rings is 1. The molecule has 5 rings (SSSR count). The first kappa shape index (κ1) is 23.0. The van der Waals surface area contributed by atoms with Crippen LogP contribution in [0.3, 0.4) is 0 Å². The Labute approximate surface area is 199 Å². The Hall–Kier alpha value is -2.81. The molecule has 8 heteroatoms. The Kier molecular flexibility index (Phi) is 6.89. The molecule has 1 aromatic heterocycles. The lowest BCUT2D eigenvalue weighted by Crippen LogP contribution is -2.52. The molecule has 2 aliphatic rings. The molecule has 1 atom stereocenters. The zero-order chi connectivity index (χ0) is 23.5. The number of β-amino-alcohol motifs (C(OH)–C–C–N with tert-alkyl or cyclic N) is 1. The maximum absolute atomic E-state index is 13.6. The van der Waals surface area contributed by atoms with Gasteiger partial charge in [-0.1, -0.05) is 12.1 Å². The van der Waals surface area contributed by atoms with Crippen molar-refractivity contribution in [1.82, 2.24) is 24.3 Å². The van der Waals surface area contributed by atoms with Gasteiger partial charge in [0.1, 0.15) is 11.6 Å². The minimum Gasteiger partial charge on any atom is -0.395 e. The lowest BCUT2D eigenvalue weighted by atomic mass is 9.96. The number of carbonyl (C=O) groups is 1. The number of aliphatic hydroxyl groups excluding tert-OH is 1. The van der Waals surface area contributed by atoms with Crippen molar-refractivity contribution in [3.63, 3.8) is 0 Å².